The summed E-state index contributed by atoms with van der Waals surface area (Å²) in [5.41, 5.74) is 0.816. The standard InChI is InChI=1S/C17H21ClN4O2/c1-3-4-9-20-11-21(15-7-5-14(18)6-8-15)17(23)22(12-20)16-10-13(2)24-19-16/h5-8,10H,3-4,9,11-12H2,1-2H3. The molecule has 1 saturated heterocycles. The molecule has 1 aliphatic heterocycles. The SMILES string of the molecule is CCCCN1CN(c2ccc(Cl)cc2)C(=O)N(c2cc(C)on2)C1. The van der Waals surface area contributed by atoms with E-state index in [1.54, 1.807) is 28.0 Å². The first-order valence-corrected chi connectivity index (χ1v) is 8.46. The van der Waals surface area contributed by atoms with Crippen LogP contribution in [0.2, 0.25) is 5.02 Å². The summed E-state index contributed by atoms with van der Waals surface area (Å²) in [6.07, 6.45) is 2.18. The monoisotopic (exact) mass is 348 g/mol. The molecule has 128 valence electrons. The molecule has 3 rings (SSSR count). The van der Waals surface area contributed by atoms with Crippen molar-refractivity contribution in [3.63, 3.8) is 0 Å². The molecule has 1 aliphatic rings. The number of rotatable bonds is 5. The first-order chi connectivity index (χ1) is 11.6. The van der Waals surface area contributed by atoms with Crippen LogP contribution in [0.25, 0.3) is 0 Å². The largest absolute Gasteiger partial charge is 0.360 e. The minimum atomic E-state index is -0.113. The molecular weight excluding hydrogens is 328 g/mol. The van der Waals surface area contributed by atoms with Crippen molar-refractivity contribution in [1.29, 1.82) is 0 Å². The van der Waals surface area contributed by atoms with Crippen LogP contribution in [0.4, 0.5) is 16.3 Å². The summed E-state index contributed by atoms with van der Waals surface area (Å²) in [5.74, 6) is 1.22. The molecule has 0 atom stereocenters. The van der Waals surface area contributed by atoms with Gasteiger partial charge >= 0.3 is 6.03 Å². The number of amides is 2. The Balaban J connectivity index is 1.88. The highest BCUT2D eigenvalue weighted by Crippen LogP contribution is 2.26. The van der Waals surface area contributed by atoms with Gasteiger partial charge in [0.2, 0.25) is 0 Å². The predicted molar refractivity (Wildman–Crippen MR) is 94.4 cm³/mol. The van der Waals surface area contributed by atoms with Crippen LogP contribution in [0.1, 0.15) is 25.5 Å². The van der Waals surface area contributed by atoms with Crippen molar-refractivity contribution in [1.82, 2.24) is 10.1 Å². The molecule has 7 heteroatoms. The maximum atomic E-state index is 13.0. The minimum Gasteiger partial charge on any atom is -0.360 e. The molecule has 1 aromatic carbocycles. The maximum Gasteiger partial charge on any atom is 0.332 e. The molecular formula is C17H21ClN4O2. The Morgan fingerprint density at radius 3 is 2.54 bits per heavy atom. The third kappa shape index (κ3) is 3.55. The van der Waals surface area contributed by atoms with Crippen molar-refractivity contribution in [3.05, 3.63) is 41.1 Å². The van der Waals surface area contributed by atoms with E-state index in [1.165, 1.54) is 0 Å². The van der Waals surface area contributed by atoms with E-state index in [1.807, 2.05) is 19.1 Å². The third-order valence-corrected chi connectivity index (χ3v) is 4.25. The second kappa shape index (κ2) is 7.23. The quantitative estimate of drug-likeness (QED) is 0.816. The molecule has 2 heterocycles. The van der Waals surface area contributed by atoms with Gasteiger partial charge in [0.15, 0.2) is 5.82 Å². The van der Waals surface area contributed by atoms with Gasteiger partial charge in [-0.2, -0.15) is 0 Å². The lowest BCUT2D eigenvalue weighted by Gasteiger charge is -2.41. The van der Waals surface area contributed by atoms with Crippen LogP contribution < -0.4 is 9.80 Å². The molecule has 1 fully saturated rings. The zero-order valence-electron chi connectivity index (χ0n) is 13.9. The highest BCUT2D eigenvalue weighted by molar-refractivity contribution is 6.30. The van der Waals surface area contributed by atoms with Crippen LogP contribution in [-0.4, -0.2) is 36.0 Å². The minimum absolute atomic E-state index is 0.113. The lowest BCUT2D eigenvalue weighted by molar-refractivity contribution is 0.210. The fourth-order valence-corrected chi connectivity index (χ4v) is 2.82. The number of aromatic nitrogens is 1. The molecule has 1 aromatic heterocycles. The summed E-state index contributed by atoms with van der Waals surface area (Å²) in [5, 5.41) is 4.65. The average molecular weight is 349 g/mol. The van der Waals surface area contributed by atoms with Crippen molar-refractivity contribution in [2.75, 3.05) is 29.7 Å². The molecule has 0 bridgehead atoms. The first-order valence-electron chi connectivity index (χ1n) is 8.08. The summed E-state index contributed by atoms with van der Waals surface area (Å²) < 4.78 is 5.14. The number of carbonyl (C=O) groups excluding carboxylic acids is 1. The highest BCUT2D eigenvalue weighted by atomic mass is 35.5. The van der Waals surface area contributed by atoms with Gasteiger partial charge in [-0.3, -0.25) is 14.7 Å². The zero-order valence-corrected chi connectivity index (χ0v) is 14.7. The van der Waals surface area contributed by atoms with Crippen LogP contribution in [0.3, 0.4) is 0 Å². The topological polar surface area (TPSA) is 52.8 Å². The molecule has 2 aromatic rings. The van der Waals surface area contributed by atoms with E-state index in [2.05, 4.69) is 17.0 Å². The third-order valence-electron chi connectivity index (χ3n) is 4.00. The number of hydrogen-bond acceptors (Lipinski definition) is 4. The number of unbranched alkanes of at least 4 members (excludes halogenated alkanes) is 1. The van der Waals surface area contributed by atoms with Crippen molar-refractivity contribution in [2.45, 2.75) is 26.7 Å². The molecule has 0 spiro atoms. The molecule has 0 aliphatic carbocycles. The number of anilines is 2. The smallest absolute Gasteiger partial charge is 0.332 e. The summed E-state index contributed by atoms with van der Waals surface area (Å²) in [6, 6.07) is 8.96. The fraction of sp³-hybridized carbons (Fsp3) is 0.412. The molecule has 2 amide bonds. The van der Waals surface area contributed by atoms with E-state index in [0.29, 0.717) is 29.9 Å². The van der Waals surface area contributed by atoms with Crippen molar-refractivity contribution >= 4 is 29.1 Å². The second-order valence-electron chi connectivity index (χ2n) is 5.94. The van der Waals surface area contributed by atoms with E-state index >= 15 is 0 Å². The number of halogens is 1. The molecule has 0 N–H and O–H groups in total. The first kappa shape index (κ1) is 16.8. The van der Waals surface area contributed by atoms with Gasteiger partial charge in [0.1, 0.15) is 5.76 Å². The predicted octanol–water partition coefficient (Wildman–Crippen LogP) is 4.10. The number of aryl methyl sites for hydroxylation is 1. The Bertz CT molecular complexity index is 701. The number of urea groups is 1. The van der Waals surface area contributed by atoms with E-state index in [0.717, 1.165) is 25.1 Å². The van der Waals surface area contributed by atoms with Crippen LogP contribution in [0.5, 0.6) is 0 Å². The van der Waals surface area contributed by atoms with Gasteiger partial charge in [0, 0.05) is 23.3 Å². The summed E-state index contributed by atoms with van der Waals surface area (Å²) >= 11 is 5.96. The normalized spacial score (nSPS) is 16.0. The van der Waals surface area contributed by atoms with E-state index in [9.17, 15) is 4.79 Å². The molecule has 6 nitrogen and oxygen atoms in total. The lowest BCUT2D eigenvalue weighted by Crippen LogP contribution is -2.58. The molecule has 0 radical (unpaired) electrons. The fourth-order valence-electron chi connectivity index (χ4n) is 2.70. The number of hydrogen-bond donors (Lipinski definition) is 0. The Morgan fingerprint density at radius 2 is 1.92 bits per heavy atom. The van der Waals surface area contributed by atoms with Crippen molar-refractivity contribution < 1.29 is 9.32 Å². The van der Waals surface area contributed by atoms with Gasteiger partial charge in [-0.15, -0.1) is 0 Å². The Kier molecular flexibility index (Phi) is 5.06. The van der Waals surface area contributed by atoms with Crippen molar-refractivity contribution in [2.24, 2.45) is 0 Å². The van der Waals surface area contributed by atoms with Crippen LogP contribution in [0, 0.1) is 6.92 Å². The van der Waals surface area contributed by atoms with Crippen molar-refractivity contribution in [3.8, 4) is 0 Å². The van der Waals surface area contributed by atoms with E-state index < -0.39 is 0 Å². The van der Waals surface area contributed by atoms with Crippen LogP contribution in [0.15, 0.2) is 34.9 Å². The number of nitrogens with zero attached hydrogens (tertiary/aromatic N) is 4. The zero-order chi connectivity index (χ0) is 17.1. The molecule has 0 unspecified atom stereocenters. The number of benzene rings is 1. The van der Waals surface area contributed by atoms with E-state index in [-0.39, 0.29) is 6.03 Å². The van der Waals surface area contributed by atoms with Gasteiger partial charge in [-0.25, -0.2) is 4.79 Å². The molecule has 24 heavy (non-hydrogen) atoms. The number of carbonyl (C=O) groups is 1. The summed E-state index contributed by atoms with van der Waals surface area (Å²) in [4.78, 5) is 18.6. The lowest BCUT2D eigenvalue weighted by atomic mass is 10.2. The average Bonchev–Trinajstić information content (AvgIpc) is 3.01. The van der Waals surface area contributed by atoms with Crippen LogP contribution >= 0.6 is 11.6 Å². The van der Waals surface area contributed by atoms with E-state index in [4.69, 9.17) is 16.1 Å². The second-order valence-corrected chi connectivity index (χ2v) is 6.38. The van der Waals surface area contributed by atoms with Crippen LogP contribution in [-0.2, 0) is 0 Å². The van der Waals surface area contributed by atoms with Gasteiger partial charge in [-0.05, 0) is 37.6 Å². The van der Waals surface area contributed by atoms with Gasteiger partial charge in [-0.1, -0.05) is 30.1 Å². The highest BCUT2D eigenvalue weighted by Gasteiger charge is 2.33. The van der Waals surface area contributed by atoms with Gasteiger partial charge in [0.25, 0.3) is 0 Å². The summed E-state index contributed by atoms with van der Waals surface area (Å²) in [6.45, 7) is 5.95. The Morgan fingerprint density at radius 1 is 1.21 bits per heavy atom. The van der Waals surface area contributed by atoms with Gasteiger partial charge in [0.05, 0.1) is 13.3 Å². The maximum absolute atomic E-state index is 13.0. The van der Waals surface area contributed by atoms with Gasteiger partial charge < -0.3 is 4.52 Å². The summed E-state index contributed by atoms with van der Waals surface area (Å²) in [7, 11) is 0. The Labute approximate surface area is 146 Å². The Hall–Kier alpha value is -2.05. The molecule has 0 saturated carbocycles.